The van der Waals surface area contributed by atoms with E-state index in [-0.39, 0.29) is 220 Å². The molecule has 1 fully saturated rings. The van der Waals surface area contributed by atoms with Crippen molar-refractivity contribution in [3.05, 3.63) is 0 Å². The Morgan fingerprint density at radius 3 is 1.30 bits per heavy atom. The van der Waals surface area contributed by atoms with Gasteiger partial charge in [-0.25, -0.2) is 0 Å². The van der Waals surface area contributed by atoms with E-state index in [0.717, 1.165) is 0 Å². The topological polar surface area (TPSA) is 369 Å². The first-order valence-corrected chi connectivity index (χ1v) is 17.8. The predicted molar refractivity (Wildman–Crippen MR) is 119 cm³/mol. The van der Waals surface area contributed by atoms with Gasteiger partial charge in [0.2, 0.25) is 0 Å². The zero-order chi connectivity index (χ0) is 33.4. The molecule has 22 nitrogen and oxygen atoms in total. The first kappa shape index (κ1) is 70.8. The van der Waals surface area contributed by atoms with E-state index in [2.05, 4.69) is 22.6 Å². The van der Waals surface area contributed by atoms with Gasteiger partial charge in [0.15, 0.2) is 6.10 Å². The molecule has 1 aliphatic rings. The Labute approximate surface area is 442 Å². The second-order valence-electron chi connectivity index (χ2n) is 8.64. The van der Waals surface area contributed by atoms with Crippen molar-refractivity contribution in [2.24, 2.45) is 0 Å². The summed E-state index contributed by atoms with van der Waals surface area (Å²) in [5, 5.41) is 20.9. The monoisotopic (exact) mass is 868 g/mol. The van der Waals surface area contributed by atoms with Gasteiger partial charge in [-0.2, -0.15) is 0 Å². The van der Waals surface area contributed by atoms with Gasteiger partial charge in [0.25, 0.3) is 7.82 Å². The molecule has 0 saturated heterocycles. The number of rotatable bonds is 18. The van der Waals surface area contributed by atoms with Crippen molar-refractivity contribution in [1.82, 2.24) is 0 Å². The Hall–Kier alpha value is 6.30. The molecular weight excluding hydrogens is 841 g/mol. The van der Waals surface area contributed by atoms with E-state index in [0.29, 0.717) is 12.8 Å². The summed E-state index contributed by atoms with van der Waals surface area (Å²) in [5.41, 5.74) is 0. The van der Waals surface area contributed by atoms with Gasteiger partial charge in [-0.05, 0) is 12.8 Å². The Morgan fingerprint density at radius 1 is 0.580 bits per heavy atom. The van der Waals surface area contributed by atoms with Crippen LogP contribution >= 0.6 is 31.3 Å². The van der Waals surface area contributed by atoms with Gasteiger partial charge in [-0.1, -0.05) is 13.8 Å². The molecule has 8 atom stereocenters. The van der Waals surface area contributed by atoms with E-state index in [1.807, 2.05) is 0 Å². The van der Waals surface area contributed by atoms with Crippen LogP contribution in [0.4, 0.5) is 0 Å². The molecule has 0 aromatic carbocycles. The average molecular weight is 868 g/mol. The first-order valence-electron chi connectivity index (χ1n) is 11.9. The Kier molecular flexibility index (Phi) is 46.7. The molecule has 0 aromatic rings. The quantitative estimate of drug-likeness (QED) is 0.0733. The summed E-state index contributed by atoms with van der Waals surface area (Å²) in [4.78, 5) is 103. The molecule has 3 unspecified atom stereocenters. The van der Waals surface area contributed by atoms with Gasteiger partial charge in [0.1, 0.15) is 43.2 Å². The molecule has 0 aliphatic heterocycles. The van der Waals surface area contributed by atoms with E-state index in [1.54, 1.807) is 13.8 Å². The summed E-state index contributed by atoms with van der Waals surface area (Å²) in [6, 6.07) is 0. The number of aliphatic hydroxyl groups excluding tert-OH is 2. The fraction of sp³-hybridized carbons (Fsp3) is 0.882. The van der Waals surface area contributed by atoms with Crippen molar-refractivity contribution >= 4 is 43.2 Å². The number of hydrogen-bond acceptors (Lipinski definition) is 22. The maximum atomic E-state index is 12.5. The molecular formula is C17H27Na7O22P4. The standard InChI is InChI=1S/C17H34O22P4.7Na/c1-3-5-10(18)33-7-9(35-11(19)6-4-2)8-34-43(31,32)39-14-12(20)15(36-40(22,23)24)17(38-42(28,29)30)16(13(14)21)37-41(25,26)27;;;;;;;/h9,12-17,20-21H,3-8H2,1-2H3,(H,31,32)(H2,22,23,24)(H2,25,26,27)(H2,28,29,30);;;;;;;/q;7*+1/p-7/t9-,12+,13+,14?,15-,16+,17?;;;;;;;/m1......./s1. The van der Waals surface area contributed by atoms with Crippen LogP contribution in [0.5, 0.6) is 0 Å². The SMILES string of the molecule is CCCC(=O)OC[C@H](COP(=O)([O-])OC1[C@H](O)[C@H](OP(=O)([O-])[O-])C(OP(=O)([O-])[O-])[C@H](OP(=O)([O-])[O-])[C@H]1O)OC(=O)CCC.[Na+].[Na+].[Na+].[Na+].[Na+].[Na+].[Na+]. The second-order valence-corrected chi connectivity index (χ2v) is 13.3. The summed E-state index contributed by atoms with van der Waals surface area (Å²) < 4.78 is 76.5. The van der Waals surface area contributed by atoms with Gasteiger partial charge < -0.3 is 90.3 Å². The van der Waals surface area contributed by atoms with Gasteiger partial charge in [-0.3, -0.25) is 14.2 Å². The average Bonchev–Trinajstić information content (AvgIpc) is 2.82. The number of phosphoric acid groups is 4. The summed E-state index contributed by atoms with van der Waals surface area (Å²) in [6.45, 7) is 1.38. The minimum absolute atomic E-state index is 0. The second kappa shape index (κ2) is 33.0. The zero-order valence-electron chi connectivity index (χ0n) is 29.1. The van der Waals surface area contributed by atoms with Gasteiger partial charge in [-0.15, -0.1) is 0 Å². The van der Waals surface area contributed by atoms with E-state index in [1.165, 1.54) is 0 Å². The van der Waals surface area contributed by atoms with Crippen LogP contribution in [0.15, 0.2) is 0 Å². The number of ether oxygens (including phenoxy) is 2. The summed E-state index contributed by atoms with van der Waals surface area (Å²) in [7, 11) is -24.9. The molecule has 33 heteroatoms. The van der Waals surface area contributed by atoms with Crippen LogP contribution in [0.1, 0.15) is 39.5 Å². The largest absolute Gasteiger partial charge is 1.00 e. The third-order valence-corrected chi connectivity index (χ3v) is 7.52. The fourth-order valence-corrected chi connectivity index (χ4v) is 6.05. The normalized spacial score (nSPS) is 23.4. The third-order valence-electron chi connectivity index (χ3n) is 5.05. The molecule has 254 valence electrons. The molecule has 0 amide bonds. The molecule has 2 N–H and O–H groups in total. The van der Waals surface area contributed by atoms with Gasteiger partial charge >= 0.3 is 219 Å². The molecule has 0 spiro atoms. The molecule has 50 heavy (non-hydrogen) atoms. The van der Waals surface area contributed by atoms with Crippen LogP contribution in [-0.4, -0.2) is 78.1 Å². The number of carbonyl (C=O) groups excluding carboxylic acids is 2. The van der Waals surface area contributed by atoms with Crippen LogP contribution in [-0.2, 0) is 59.9 Å². The van der Waals surface area contributed by atoms with Crippen LogP contribution in [0.2, 0.25) is 0 Å². The van der Waals surface area contributed by atoms with Crippen molar-refractivity contribution in [2.45, 2.75) is 82.3 Å². The zero-order valence-corrected chi connectivity index (χ0v) is 46.7. The fourth-order valence-electron chi connectivity index (χ4n) is 3.47. The molecule has 0 bridgehead atoms. The molecule has 0 aromatic heterocycles. The minimum atomic E-state index is -6.34. The van der Waals surface area contributed by atoms with E-state index in [9.17, 15) is 72.3 Å². The third kappa shape index (κ3) is 30.3. The first-order chi connectivity index (χ1) is 19.5. The molecule has 1 rings (SSSR count). The summed E-state index contributed by atoms with van der Waals surface area (Å²) >= 11 is 0. The van der Waals surface area contributed by atoms with Crippen molar-refractivity contribution in [3.63, 3.8) is 0 Å². The number of hydrogen-bond donors (Lipinski definition) is 2. The number of aliphatic hydroxyl groups is 2. The molecule has 0 radical (unpaired) electrons. The van der Waals surface area contributed by atoms with Crippen molar-refractivity contribution < 1.29 is 311 Å². The summed E-state index contributed by atoms with van der Waals surface area (Å²) in [5.74, 6) is -1.63. The van der Waals surface area contributed by atoms with Crippen LogP contribution in [0.3, 0.4) is 0 Å². The van der Waals surface area contributed by atoms with Crippen LogP contribution in [0, 0.1) is 0 Å². The van der Waals surface area contributed by atoms with E-state index < -0.39 is 99.2 Å². The summed E-state index contributed by atoms with van der Waals surface area (Å²) in [6.07, 6.45) is -19.0. The van der Waals surface area contributed by atoms with Crippen molar-refractivity contribution in [2.75, 3.05) is 13.2 Å². The van der Waals surface area contributed by atoms with Crippen molar-refractivity contribution in [3.8, 4) is 0 Å². The number of carbonyl (C=O) groups is 2. The molecule has 1 aliphatic carbocycles. The van der Waals surface area contributed by atoms with E-state index in [4.69, 9.17) is 9.47 Å². The van der Waals surface area contributed by atoms with E-state index >= 15 is 0 Å². The minimum Gasteiger partial charge on any atom is -0.790 e. The molecule has 1 saturated carbocycles. The van der Waals surface area contributed by atoms with Gasteiger partial charge in [0.05, 0.1) is 30.1 Å². The van der Waals surface area contributed by atoms with Crippen LogP contribution < -0.4 is 241 Å². The number of esters is 2. The molecule has 0 heterocycles. The Balaban J connectivity index is -0.000000528. The van der Waals surface area contributed by atoms with Crippen molar-refractivity contribution in [1.29, 1.82) is 0 Å². The maximum absolute atomic E-state index is 12.5. The van der Waals surface area contributed by atoms with Crippen LogP contribution in [0.25, 0.3) is 0 Å². The Morgan fingerprint density at radius 2 is 0.940 bits per heavy atom. The van der Waals surface area contributed by atoms with Gasteiger partial charge in [0, 0.05) is 12.8 Å². The predicted octanol–water partition coefficient (Wildman–Crippen LogP) is -26.7. The smallest absolute Gasteiger partial charge is 0.790 e. The number of phosphoric ester groups is 4. The Bertz CT molecular complexity index is 1100. The maximum Gasteiger partial charge on any atom is 1.00 e.